The first kappa shape index (κ1) is 29.3. The summed E-state index contributed by atoms with van der Waals surface area (Å²) in [5, 5.41) is 6.46. The van der Waals surface area contributed by atoms with Crippen LogP contribution in [0.2, 0.25) is 0 Å². The number of benzene rings is 6. The van der Waals surface area contributed by atoms with Gasteiger partial charge < -0.3 is 10.6 Å². The molecule has 0 saturated heterocycles. The van der Waals surface area contributed by atoms with Gasteiger partial charge in [0.25, 0.3) is 15.6 Å². The van der Waals surface area contributed by atoms with Crippen molar-refractivity contribution in [3.8, 4) is 5.69 Å². The van der Waals surface area contributed by atoms with Gasteiger partial charge in [-0.1, -0.05) is 66.7 Å². The Labute approximate surface area is 264 Å². The third-order valence-corrected chi connectivity index (χ3v) is 9.34. The molecule has 46 heavy (non-hydrogen) atoms. The van der Waals surface area contributed by atoms with Crippen LogP contribution in [0.25, 0.3) is 38.5 Å². The van der Waals surface area contributed by atoms with Gasteiger partial charge in [0.1, 0.15) is 15.9 Å². The summed E-state index contributed by atoms with van der Waals surface area (Å²) in [6.45, 7) is 0. The maximum absolute atomic E-state index is 13.5. The van der Waals surface area contributed by atoms with Gasteiger partial charge in [-0.25, -0.2) is 4.98 Å². The van der Waals surface area contributed by atoms with E-state index in [4.69, 9.17) is 4.98 Å². The molecule has 0 aliphatic rings. The van der Waals surface area contributed by atoms with Gasteiger partial charge >= 0.3 is 10.1 Å². The molecule has 228 valence electrons. The van der Waals surface area contributed by atoms with Gasteiger partial charge in [-0.15, -0.1) is 4.57 Å². The van der Waals surface area contributed by atoms with Gasteiger partial charge in [0, 0.05) is 46.0 Å². The molecule has 0 spiro atoms. The van der Waals surface area contributed by atoms with Crippen LogP contribution in [0.5, 0.6) is 0 Å². The number of para-hydroxylation sites is 3. The van der Waals surface area contributed by atoms with Gasteiger partial charge in [-0.3, -0.25) is 9.11 Å². The minimum Gasteiger partial charge on any atom is -0.355 e. The summed E-state index contributed by atoms with van der Waals surface area (Å²) in [5.74, 6) is 0. The van der Waals surface area contributed by atoms with E-state index in [0.29, 0.717) is 28.1 Å². The molecule has 12 heteroatoms. The molecular formula is C34H25N4O6S2+. The van der Waals surface area contributed by atoms with Gasteiger partial charge in [-0.05, 0) is 42.5 Å². The second-order valence-corrected chi connectivity index (χ2v) is 13.2. The molecule has 0 radical (unpaired) electrons. The standard InChI is InChI=1S/C34H24N4O6S2/c39-45(40,41)29-18-10-17-26-30(29)32(36-23-13-6-2-7-14-23)34(46(42,43)44)33-31(26)37-27-20-19-24(35-22-11-4-1-5-12-22)21-28(27)38(33)25-15-8-3-9-16-25/h1-21H,(H3,35,36,39,40,41,42,43,44)/p+1. The van der Waals surface area contributed by atoms with Crippen LogP contribution < -0.4 is 15.2 Å². The number of nitrogens with zero attached hydrogens (tertiary/aromatic N) is 2. The third-order valence-electron chi connectivity index (χ3n) is 7.53. The molecule has 0 unspecified atom stereocenters. The summed E-state index contributed by atoms with van der Waals surface area (Å²) in [5.41, 5.74) is 3.29. The van der Waals surface area contributed by atoms with E-state index in [1.54, 1.807) is 71.3 Å². The molecule has 0 aliphatic heterocycles. The maximum Gasteiger partial charge on any atom is 0.303 e. The highest BCUT2D eigenvalue weighted by Gasteiger charge is 2.35. The first-order chi connectivity index (χ1) is 22.1. The molecule has 0 aliphatic carbocycles. The number of aromatic nitrogens is 2. The average molecular weight is 650 g/mol. The topological polar surface area (TPSA) is 150 Å². The van der Waals surface area contributed by atoms with Crippen molar-refractivity contribution in [1.82, 2.24) is 4.98 Å². The Morgan fingerprint density at radius 2 is 1.22 bits per heavy atom. The summed E-state index contributed by atoms with van der Waals surface area (Å²) in [7, 11) is -9.98. The molecule has 10 nitrogen and oxygen atoms in total. The summed E-state index contributed by atoms with van der Waals surface area (Å²) < 4.78 is 75.5. The lowest BCUT2D eigenvalue weighted by atomic mass is 10.0. The Hall–Kier alpha value is -5.40. The van der Waals surface area contributed by atoms with E-state index in [-0.39, 0.29) is 27.5 Å². The number of fused-ring (bicyclic) bond motifs is 4. The molecule has 7 rings (SSSR count). The van der Waals surface area contributed by atoms with Gasteiger partial charge in [0.05, 0.1) is 5.69 Å². The van der Waals surface area contributed by atoms with E-state index in [2.05, 4.69) is 10.6 Å². The normalized spacial score (nSPS) is 12.0. The second kappa shape index (κ2) is 11.2. The summed E-state index contributed by atoms with van der Waals surface area (Å²) in [4.78, 5) is 3.69. The van der Waals surface area contributed by atoms with Crippen LogP contribution in [0.15, 0.2) is 137 Å². The van der Waals surface area contributed by atoms with Crippen LogP contribution in [-0.4, -0.2) is 30.9 Å². The Bertz CT molecular complexity index is 2510. The van der Waals surface area contributed by atoms with Crippen molar-refractivity contribution in [2.75, 3.05) is 10.6 Å². The fourth-order valence-electron chi connectivity index (χ4n) is 5.67. The number of hydrogen-bond acceptors (Lipinski definition) is 7. The summed E-state index contributed by atoms with van der Waals surface area (Å²) >= 11 is 0. The third kappa shape index (κ3) is 5.29. The van der Waals surface area contributed by atoms with Crippen LogP contribution in [-0.2, 0) is 20.2 Å². The average Bonchev–Trinajstić information content (AvgIpc) is 3.04. The van der Waals surface area contributed by atoms with E-state index >= 15 is 0 Å². The molecule has 7 aromatic rings. The zero-order chi connectivity index (χ0) is 32.1. The largest absolute Gasteiger partial charge is 0.355 e. The van der Waals surface area contributed by atoms with Crippen molar-refractivity contribution in [2.24, 2.45) is 0 Å². The van der Waals surface area contributed by atoms with Gasteiger partial charge in [0.2, 0.25) is 11.2 Å². The van der Waals surface area contributed by atoms with E-state index in [1.165, 1.54) is 12.1 Å². The minimum absolute atomic E-state index is 0.00326. The van der Waals surface area contributed by atoms with Crippen molar-refractivity contribution < 1.29 is 30.5 Å². The lowest BCUT2D eigenvalue weighted by molar-refractivity contribution is -0.539. The summed E-state index contributed by atoms with van der Waals surface area (Å²) in [6, 6.07) is 36.6. The molecule has 4 N–H and O–H groups in total. The zero-order valence-electron chi connectivity index (χ0n) is 23.9. The van der Waals surface area contributed by atoms with E-state index in [0.717, 1.165) is 5.69 Å². The van der Waals surface area contributed by atoms with E-state index in [1.807, 2.05) is 48.5 Å². The Kier molecular flexibility index (Phi) is 7.13. The highest BCUT2D eigenvalue weighted by molar-refractivity contribution is 7.86. The fraction of sp³-hybridized carbons (Fsp3) is 0. The predicted molar refractivity (Wildman–Crippen MR) is 177 cm³/mol. The molecular weight excluding hydrogens is 625 g/mol. The molecule has 0 amide bonds. The lowest BCUT2D eigenvalue weighted by Crippen LogP contribution is -2.35. The first-order valence-corrected chi connectivity index (χ1v) is 16.9. The van der Waals surface area contributed by atoms with Crippen LogP contribution in [0.1, 0.15) is 0 Å². The Balaban J connectivity index is 1.72. The predicted octanol–water partition coefficient (Wildman–Crippen LogP) is 6.80. The van der Waals surface area contributed by atoms with Crippen LogP contribution >= 0.6 is 0 Å². The van der Waals surface area contributed by atoms with E-state index < -0.39 is 30.0 Å². The molecule has 1 aromatic heterocycles. The Morgan fingerprint density at radius 1 is 0.609 bits per heavy atom. The van der Waals surface area contributed by atoms with Crippen molar-refractivity contribution >= 4 is 75.8 Å². The van der Waals surface area contributed by atoms with Crippen LogP contribution in [0.4, 0.5) is 22.7 Å². The highest BCUT2D eigenvalue weighted by atomic mass is 32.2. The smallest absolute Gasteiger partial charge is 0.303 e. The number of hydrogen-bond donors (Lipinski definition) is 4. The Morgan fingerprint density at radius 3 is 1.83 bits per heavy atom. The SMILES string of the molecule is O=S(=O)(O)c1cccc2c1c(Nc1ccccc1)c(S(=O)(=O)O)c1c2nc2ccc(Nc3ccccc3)cc2[n+]1-c1ccccc1. The number of anilines is 4. The maximum atomic E-state index is 13.5. The van der Waals surface area contributed by atoms with Crippen molar-refractivity contribution in [3.63, 3.8) is 0 Å². The number of rotatable bonds is 7. The lowest BCUT2D eigenvalue weighted by Gasteiger charge is -2.18. The van der Waals surface area contributed by atoms with Gasteiger partial charge in [0.15, 0.2) is 4.90 Å². The molecule has 0 fully saturated rings. The van der Waals surface area contributed by atoms with Crippen molar-refractivity contribution in [1.29, 1.82) is 0 Å². The quantitative estimate of drug-likeness (QED) is 0.0633. The van der Waals surface area contributed by atoms with Crippen molar-refractivity contribution in [3.05, 3.63) is 127 Å². The molecule has 0 bridgehead atoms. The minimum atomic E-state index is -5.11. The highest BCUT2D eigenvalue weighted by Crippen LogP contribution is 2.42. The van der Waals surface area contributed by atoms with Crippen molar-refractivity contribution in [2.45, 2.75) is 9.79 Å². The van der Waals surface area contributed by atoms with E-state index in [9.17, 15) is 25.9 Å². The molecule has 1 heterocycles. The molecule has 0 atom stereocenters. The monoisotopic (exact) mass is 649 g/mol. The fourth-order valence-corrected chi connectivity index (χ4v) is 7.24. The van der Waals surface area contributed by atoms with Gasteiger partial charge in [-0.2, -0.15) is 16.8 Å². The second-order valence-electron chi connectivity index (χ2n) is 10.5. The van der Waals surface area contributed by atoms with Crippen LogP contribution in [0, 0.1) is 0 Å². The zero-order valence-corrected chi connectivity index (χ0v) is 25.5. The molecule has 6 aromatic carbocycles. The number of nitrogens with one attached hydrogen (secondary N) is 2. The van der Waals surface area contributed by atoms with Crippen LogP contribution in [0.3, 0.4) is 0 Å². The molecule has 0 saturated carbocycles. The summed E-state index contributed by atoms with van der Waals surface area (Å²) in [6.07, 6.45) is 0. The first-order valence-electron chi connectivity index (χ1n) is 14.0.